The highest BCUT2D eigenvalue weighted by Gasteiger charge is 2.34. The largest absolute Gasteiger partial charge is 0.442 e. The van der Waals surface area contributed by atoms with Gasteiger partial charge in [0, 0.05) is 50.6 Å². The number of hydrogen-bond acceptors (Lipinski definition) is 8. The fourth-order valence-corrected chi connectivity index (χ4v) is 5.25. The van der Waals surface area contributed by atoms with Crippen molar-refractivity contribution >= 4 is 46.9 Å². The first kappa shape index (κ1) is 31.0. The Morgan fingerprint density at radius 1 is 1.04 bits per heavy atom. The van der Waals surface area contributed by atoms with Crippen molar-refractivity contribution in [2.45, 2.75) is 6.10 Å². The summed E-state index contributed by atoms with van der Waals surface area (Å²) in [5.74, 6) is -3.03. The number of anilines is 2. The fraction of sp³-hybridized carbons (Fsp3) is 0.250. The van der Waals surface area contributed by atoms with Crippen LogP contribution in [0, 0.1) is 24.0 Å². The molecule has 0 saturated carbocycles. The van der Waals surface area contributed by atoms with Crippen LogP contribution >= 0.6 is 0 Å². The number of carbonyl (C=O) groups excluding carboxylic acids is 4. The van der Waals surface area contributed by atoms with Crippen LogP contribution in [-0.4, -0.2) is 95.0 Å². The van der Waals surface area contributed by atoms with Crippen molar-refractivity contribution in [3.8, 4) is 0 Å². The number of carbonyl (C=O) groups is 4. The highest BCUT2D eigenvalue weighted by Crippen LogP contribution is 2.31. The second kappa shape index (κ2) is 13.5. The van der Waals surface area contributed by atoms with Crippen molar-refractivity contribution in [3.63, 3.8) is 0 Å². The molecule has 47 heavy (non-hydrogen) atoms. The molecule has 0 bridgehead atoms. The molecule has 4 amide bonds. The van der Waals surface area contributed by atoms with E-state index in [0.29, 0.717) is 5.65 Å². The van der Waals surface area contributed by atoms with Crippen molar-refractivity contribution < 1.29 is 32.7 Å². The summed E-state index contributed by atoms with van der Waals surface area (Å²) in [7, 11) is 0. The SMILES string of the molecule is O=C(/C=C/c1ccccc1)NC[C@H]1CN(c2cc(F)c(N3CCN(C(=O)CNC(=O)c4cn5c#cncc5n4)CC3)c(F)c2)C(=O)O1. The Bertz CT molecular complexity index is 1790. The fourth-order valence-electron chi connectivity index (χ4n) is 5.25. The smallest absolute Gasteiger partial charge is 0.414 e. The van der Waals surface area contributed by atoms with Crippen LogP contribution in [0.5, 0.6) is 0 Å². The topological polar surface area (TPSA) is 141 Å². The zero-order valence-corrected chi connectivity index (χ0v) is 24.9. The summed E-state index contributed by atoms with van der Waals surface area (Å²) in [5, 5.41) is 5.19. The molecule has 1 atom stereocenters. The van der Waals surface area contributed by atoms with Crippen LogP contribution in [0.4, 0.5) is 25.0 Å². The molecule has 2 aliphatic heterocycles. The van der Waals surface area contributed by atoms with E-state index in [1.807, 2.05) is 30.3 Å². The first-order chi connectivity index (χ1) is 22.7. The van der Waals surface area contributed by atoms with E-state index in [0.717, 1.165) is 22.6 Å². The molecule has 240 valence electrons. The van der Waals surface area contributed by atoms with Crippen LogP contribution in [0.2, 0.25) is 0 Å². The van der Waals surface area contributed by atoms with E-state index in [2.05, 4.69) is 33.0 Å². The summed E-state index contributed by atoms with van der Waals surface area (Å²) in [6.45, 7) is 0.363. The summed E-state index contributed by atoms with van der Waals surface area (Å²) in [5.41, 5.74) is 1.05. The van der Waals surface area contributed by atoms with E-state index in [1.165, 1.54) is 32.7 Å². The van der Waals surface area contributed by atoms with E-state index < -0.39 is 29.7 Å². The Hall–Kier alpha value is -6.04. The number of nitrogens with zero attached hydrogens (tertiary/aromatic N) is 6. The molecular formula is C32H28F2N8O5. The van der Waals surface area contributed by atoms with E-state index in [4.69, 9.17) is 4.74 Å². The number of piperazine rings is 1. The molecule has 2 aromatic heterocycles. The average molecular weight is 643 g/mol. The number of imidazole rings is 1. The van der Waals surface area contributed by atoms with Gasteiger partial charge in [-0.3, -0.25) is 23.7 Å². The lowest BCUT2D eigenvalue weighted by Crippen LogP contribution is -2.51. The van der Waals surface area contributed by atoms with Crippen LogP contribution in [0.15, 0.2) is 60.9 Å². The van der Waals surface area contributed by atoms with Gasteiger partial charge in [0.1, 0.15) is 17.5 Å². The van der Waals surface area contributed by atoms with Crippen LogP contribution in [0.25, 0.3) is 11.7 Å². The number of halogens is 2. The predicted octanol–water partition coefficient (Wildman–Crippen LogP) is 1.84. The monoisotopic (exact) mass is 642 g/mol. The summed E-state index contributed by atoms with van der Waals surface area (Å²) < 4.78 is 37.3. The first-order valence-electron chi connectivity index (χ1n) is 14.7. The van der Waals surface area contributed by atoms with Gasteiger partial charge < -0.3 is 25.2 Å². The van der Waals surface area contributed by atoms with Gasteiger partial charge in [0.25, 0.3) is 5.91 Å². The number of aromatic nitrogens is 3. The first-order valence-corrected chi connectivity index (χ1v) is 14.7. The van der Waals surface area contributed by atoms with Gasteiger partial charge in [-0.25, -0.2) is 23.5 Å². The molecule has 0 spiro atoms. The second-order valence-electron chi connectivity index (χ2n) is 10.8. The number of benzene rings is 2. The van der Waals surface area contributed by atoms with Gasteiger partial charge in [-0.15, -0.1) is 0 Å². The van der Waals surface area contributed by atoms with Crippen LogP contribution in [0.1, 0.15) is 16.1 Å². The van der Waals surface area contributed by atoms with Gasteiger partial charge in [0.05, 0.1) is 43.9 Å². The molecule has 13 nitrogen and oxygen atoms in total. The van der Waals surface area contributed by atoms with Crippen LogP contribution < -0.4 is 20.4 Å². The normalized spacial score (nSPS) is 16.3. The van der Waals surface area contributed by atoms with E-state index in [1.54, 1.807) is 6.08 Å². The molecule has 6 rings (SSSR count). The summed E-state index contributed by atoms with van der Waals surface area (Å²) in [6.07, 6.45) is 9.55. The Morgan fingerprint density at radius 3 is 2.51 bits per heavy atom. The highest BCUT2D eigenvalue weighted by molar-refractivity contribution is 5.95. The summed E-state index contributed by atoms with van der Waals surface area (Å²) in [6, 6.07) is 11.4. The van der Waals surface area contributed by atoms with Crippen molar-refractivity contribution in [2.75, 3.05) is 55.6 Å². The third kappa shape index (κ3) is 7.12. The molecule has 2 saturated heterocycles. The third-order valence-electron chi connectivity index (χ3n) is 7.65. The van der Waals surface area contributed by atoms with Gasteiger partial charge in [0.15, 0.2) is 17.3 Å². The lowest BCUT2D eigenvalue weighted by molar-refractivity contribution is -0.130. The molecule has 2 fully saturated rings. The number of cyclic esters (lactones) is 1. The Balaban J connectivity index is 0.989. The lowest BCUT2D eigenvalue weighted by atomic mass is 10.2. The molecular weight excluding hydrogens is 614 g/mol. The maximum atomic E-state index is 15.3. The molecule has 4 aromatic rings. The van der Waals surface area contributed by atoms with E-state index >= 15 is 8.78 Å². The zero-order valence-electron chi connectivity index (χ0n) is 24.9. The molecule has 2 aromatic carbocycles. The highest BCUT2D eigenvalue weighted by atomic mass is 19.1. The number of hydrogen-bond donors (Lipinski definition) is 2. The van der Waals surface area contributed by atoms with Gasteiger partial charge in [0.2, 0.25) is 11.8 Å². The third-order valence-corrected chi connectivity index (χ3v) is 7.65. The average Bonchev–Trinajstić information content (AvgIpc) is 3.69. The summed E-state index contributed by atoms with van der Waals surface area (Å²) >= 11 is 0. The molecule has 0 unspecified atom stereocenters. The standard InChI is InChI=1S/C32H28F2N8O5/c33-24-14-22(42-19-23(47-32(42)46)16-36-28(43)7-6-21-4-2-1-3-5-21)15-25(34)30(24)40-12-10-39(11-13-40)29(44)18-37-31(45)26-20-41-9-8-35-17-27(41)38-26/h1-7,14-15,17,20,23H,10-13,16,18-19H2,(H,36,43)(H,37,45)/b7-6+/t23-/m0/s1. The maximum Gasteiger partial charge on any atom is 0.414 e. The van der Waals surface area contributed by atoms with E-state index in [-0.39, 0.29) is 74.7 Å². The van der Waals surface area contributed by atoms with Crippen LogP contribution in [-0.2, 0) is 14.3 Å². The quantitative estimate of drug-likeness (QED) is 0.264. The number of ether oxygens (including phenoxy) is 1. The molecule has 4 heterocycles. The zero-order chi connectivity index (χ0) is 32.9. The minimum atomic E-state index is -0.875. The Kier molecular flexibility index (Phi) is 8.91. The number of amides is 4. The lowest BCUT2D eigenvalue weighted by Gasteiger charge is -2.36. The van der Waals surface area contributed by atoms with Crippen molar-refractivity contribution in [2.24, 2.45) is 0 Å². The van der Waals surface area contributed by atoms with Gasteiger partial charge in [-0.2, -0.15) is 0 Å². The van der Waals surface area contributed by atoms with Gasteiger partial charge in [-0.1, -0.05) is 30.3 Å². The second-order valence-corrected chi connectivity index (χ2v) is 10.8. The van der Waals surface area contributed by atoms with Gasteiger partial charge in [-0.05, 0) is 11.6 Å². The minimum Gasteiger partial charge on any atom is -0.442 e. The minimum absolute atomic E-state index is 0.0114. The molecule has 2 N–H and O–H groups in total. The van der Waals surface area contributed by atoms with E-state index in [9.17, 15) is 19.2 Å². The predicted molar refractivity (Wildman–Crippen MR) is 164 cm³/mol. The summed E-state index contributed by atoms with van der Waals surface area (Å²) in [4.78, 5) is 61.9. The number of rotatable bonds is 9. The maximum absolute atomic E-state index is 15.3. The number of fused-ring (bicyclic) bond motifs is 1. The molecule has 15 heteroatoms. The number of nitrogens with one attached hydrogen (secondary N) is 2. The van der Waals surface area contributed by atoms with Crippen molar-refractivity contribution in [3.05, 3.63) is 96.2 Å². The molecule has 0 aliphatic carbocycles. The Labute approximate surface area is 267 Å². The molecule has 2 aliphatic rings. The van der Waals surface area contributed by atoms with Crippen LogP contribution in [0.3, 0.4) is 0 Å². The van der Waals surface area contributed by atoms with Crippen molar-refractivity contribution in [1.29, 1.82) is 0 Å². The van der Waals surface area contributed by atoms with Gasteiger partial charge >= 0.3 is 6.09 Å². The molecule has 0 radical (unpaired) electrons. The Morgan fingerprint density at radius 2 is 1.79 bits per heavy atom. The van der Waals surface area contributed by atoms with Crippen molar-refractivity contribution in [1.82, 2.24) is 29.9 Å².